The smallest absolute Gasteiger partial charge is 0.332 e. The summed E-state index contributed by atoms with van der Waals surface area (Å²) in [5.74, 6) is 0.333. The van der Waals surface area contributed by atoms with E-state index in [1.807, 2.05) is 30.3 Å². The topological polar surface area (TPSA) is 94.1 Å². The fraction of sp³-hybridized carbons (Fsp3) is 0.227. The second-order valence-corrected chi connectivity index (χ2v) is 8.29. The van der Waals surface area contributed by atoms with Crippen LogP contribution in [0.4, 0.5) is 5.95 Å². The summed E-state index contributed by atoms with van der Waals surface area (Å²) in [7, 11) is 2.97. The van der Waals surface area contributed by atoms with E-state index < -0.39 is 17.4 Å². The number of fused-ring (bicyclic) bond motifs is 1. The minimum absolute atomic E-state index is 0.149. The molecule has 32 heavy (non-hydrogen) atoms. The lowest BCUT2D eigenvalue weighted by atomic mass is 10.1. The summed E-state index contributed by atoms with van der Waals surface area (Å²) in [6, 6.07) is 14.3. The molecule has 0 amide bonds. The summed E-state index contributed by atoms with van der Waals surface area (Å²) in [4.78, 5) is 29.9. The molecule has 0 fully saturated rings. The van der Waals surface area contributed by atoms with E-state index in [1.165, 1.54) is 11.6 Å². The zero-order valence-corrected chi connectivity index (χ0v) is 18.9. The van der Waals surface area contributed by atoms with Crippen LogP contribution in [0.5, 0.6) is 0 Å². The van der Waals surface area contributed by atoms with Crippen molar-refractivity contribution in [2.45, 2.75) is 12.6 Å². The minimum atomic E-state index is -0.796. The van der Waals surface area contributed by atoms with Crippen molar-refractivity contribution in [3.63, 3.8) is 0 Å². The molecule has 0 aliphatic heterocycles. The van der Waals surface area contributed by atoms with Gasteiger partial charge in [-0.3, -0.25) is 18.5 Å². The fourth-order valence-corrected chi connectivity index (χ4v) is 4.00. The Labute approximate surface area is 193 Å². The monoisotopic (exact) mass is 473 g/mol. The summed E-state index contributed by atoms with van der Waals surface area (Å²) < 4.78 is 4.01. The van der Waals surface area contributed by atoms with Crippen LogP contribution in [0.2, 0.25) is 10.0 Å². The molecule has 2 heterocycles. The molecule has 166 valence electrons. The van der Waals surface area contributed by atoms with Crippen LogP contribution in [0, 0.1) is 0 Å². The number of imidazole rings is 1. The minimum Gasteiger partial charge on any atom is -0.387 e. The van der Waals surface area contributed by atoms with Gasteiger partial charge in [-0.2, -0.15) is 4.98 Å². The third-order valence-corrected chi connectivity index (χ3v) is 5.92. The van der Waals surface area contributed by atoms with Gasteiger partial charge >= 0.3 is 5.69 Å². The highest BCUT2D eigenvalue weighted by Gasteiger charge is 2.20. The molecular formula is C22H21Cl2N5O3. The van der Waals surface area contributed by atoms with Crippen LogP contribution in [-0.4, -0.2) is 30.3 Å². The number of rotatable bonds is 6. The van der Waals surface area contributed by atoms with E-state index in [0.29, 0.717) is 16.0 Å². The third-order valence-electron chi connectivity index (χ3n) is 5.33. The molecule has 2 aromatic heterocycles. The molecule has 0 spiro atoms. The number of anilines is 1. The van der Waals surface area contributed by atoms with Crippen LogP contribution in [-0.2, 0) is 20.6 Å². The lowest BCUT2D eigenvalue weighted by Gasteiger charge is -2.15. The average molecular weight is 474 g/mol. The van der Waals surface area contributed by atoms with Gasteiger partial charge in [0.25, 0.3) is 5.56 Å². The van der Waals surface area contributed by atoms with Gasteiger partial charge in [-0.25, -0.2) is 4.79 Å². The number of hydrogen-bond donors (Lipinski definition) is 2. The quantitative estimate of drug-likeness (QED) is 0.448. The molecular weight excluding hydrogens is 453 g/mol. The standard InChI is InChI=1S/C22H21Cl2N5O3/c1-27-19-18(20(31)28(2)22(27)32)29(12-14-8-9-15(23)10-16(14)24)21(26-19)25-11-17(30)13-6-4-3-5-7-13/h3-10,17,30H,11-12H2,1-2H3,(H,25,26). The normalized spacial score (nSPS) is 12.3. The molecule has 10 heteroatoms. The summed E-state index contributed by atoms with van der Waals surface area (Å²) in [5.41, 5.74) is 0.992. The first-order valence-corrected chi connectivity index (χ1v) is 10.6. The maximum atomic E-state index is 13.0. The van der Waals surface area contributed by atoms with E-state index in [4.69, 9.17) is 23.2 Å². The molecule has 8 nitrogen and oxygen atoms in total. The molecule has 0 aliphatic carbocycles. The zero-order chi connectivity index (χ0) is 23.0. The van der Waals surface area contributed by atoms with Gasteiger partial charge < -0.3 is 10.4 Å². The highest BCUT2D eigenvalue weighted by molar-refractivity contribution is 6.35. The van der Waals surface area contributed by atoms with Crippen LogP contribution in [0.25, 0.3) is 11.2 Å². The Hall–Kier alpha value is -3.07. The number of aromatic nitrogens is 4. The second kappa shape index (κ2) is 8.82. The van der Waals surface area contributed by atoms with Crippen LogP contribution in [0.1, 0.15) is 17.2 Å². The van der Waals surface area contributed by atoms with Crippen LogP contribution in [0.15, 0.2) is 58.1 Å². The predicted octanol–water partition coefficient (Wildman–Crippen LogP) is 2.93. The van der Waals surface area contributed by atoms with Gasteiger partial charge in [-0.05, 0) is 23.3 Å². The Balaban J connectivity index is 1.81. The molecule has 4 rings (SSSR count). The highest BCUT2D eigenvalue weighted by atomic mass is 35.5. The molecule has 0 saturated carbocycles. The number of benzene rings is 2. The summed E-state index contributed by atoms with van der Waals surface area (Å²) in [6.07, 6.45) is -0.796. The molecule has 4 aromatic rings. The number of halogens is 2. The largest absolute Gasteiger partial charge is 0.387 e. The van der Waals surface area contributed by atoms with Crippen molar-refractivity contribution in [1.29, 1.82) is 0 Å². The van der Waals surface area contributed by atoms with E-state index in [0.717, 1.165) is 15.7 Å². The van der Waals surface area contributed by atoms with E-state index in [2.05, 4.69) is 10.3 Å². The van der Waals surface area contributed by atoms with Crippen molar-refractivity contribution >= 4 is 40.3 Å². The van der Waals surface area contributed by atoms with Crippen LogP contribution >= 0.6 is 23.2 Å². The Morgan fingerprint density at radius 1 is 1.06 bits per heavy atom. The first-order chi connectivity index (χ1) is 15.3. The fourth-order valence-electron chi connectivity index (χ4n) is 3.54. The highest BCUT2D eigenvalue weighted by Crippen LogP contribution is 2.25. The summed E-state index contributed by atoms with van der Waals surface area (Å²) in [6.45, 7) is 0.361. The van der Waals surface area contributed by atoms with Crippen molar-refractivity contribution in [2.75, 3.05) is 11.9 Å². The molecule has 1 unspecified atom stereocenters. The Morgan fingerprint density at radius 3 is 2.47 bits per heavy atom. The number of hydrogen-bond acceptors (Lipinski definition) is 5. The maximum Gasteiger partial charge on any atom is 0.332 e. The van der Waals surface area contributed by atoms with Gasteiger partial charge in [-0.15, -0.1) is 0 Å². The summed E-state index contributed by atoms with van der Waals surface area (Å²) >= 11 is 12.4. The van der Waals surface area contributed by atoms with Gasteiger partial charge in [0.05, 0.1) is 12.6 Å². The predicted molar refractivity (Wildman–Crippen MR) is 126 cm³/mol. The van der Waals surface area contributed by atoms with E-state index in [-0.39, 0.29) is 24.3 Å². The van der Waals surface area contributed by atoms with E-state index >= 15 is 0 Å². The molecule has 0 saturated heterocycles. The maximum absolute atomic E-state index is 13.0. The Morgan fingerprint density at radius 2 is 1.78 bits per heavy atom. The zero-order valence-electron chi connectivity index (χ0n) is 17.4. The lowest BCUT2D eigenvalue weighted by Crippen LogP contribution is -2.37. The molecule has 0 radical (unpaired) electrons. The SMILES string of the molecule is Cn1c(=O)c2c(nc(NCC(O)c3ccccc3)n2Cc2ccc(Cl)cc2Cl)n(C)c1=O. The van der Waals surface area contributed by atoms with Crippen molar-refractivity contribution in [3.05, 3.63) is 90.5 Å². The number of nitrogens with zero attached hydrogens (tertiary/aromatic N) is 4. The number of aliphatic hydroxyl groups excluding tert-OH is 1. The van der Waals surface area contributed by atoms with Gasteiger partial charge in [0.15, 0.2) is 11.2 Å². The molecule has 1 atom stereocenters. The van der Waals surface area contributed by atoms with Gasteiger partial charge in [0.2, 0.25) is 5.95 Å². The van der Waals surface area contributed by atoms with Crippen molar-refractivity contribution in [3.8, 4) is 0 Å². The number of aliphatic hydroxyl groups is 1. The number of aryl methyl sites for hydroxylation is 1. The Kier molecular flexibility index (Phi) is 6.10. The summed E-state index contributed by atoms with van der Waals surface area (Å²) in [5, 5.41) is 14.6. The van der Waals surface area contributed by atoms with Crippen LogP contribution < -0.4 is 16.6 Å². The van der Waals surface area contributed by atoms with Gasteiger partial charge in [0.1, 0.15) is 0 Å². The first-order valence-electron chi connectivity index (χ1n) is 9.85. The average Bonchev–Trinajstić information content (AvgIpc) is 3.15. The van der Waals surface area contributed by atoms with Crippen LogP contribution in [0.3, 0.4) is 0 Å². The third kappa shape index (κ3) is 4.04. The first kappa shape index (κ1) is 22.1. The van der Waals surface area contributed by atoms with E-state index in [9.17, 15) is 14.7 Å². The molecule has 2 aromatic carbocycles. The number of nitrogens with one attached hydrogen (secondary N) is 1. The molecule has 0 bridgehead atoms. The van der Waals surface area contributed by atoms with Gasteiger partial charge in [-0.1, -0.05) is 59.6 Å². The van der Waals surface area contributed by atoms with Crippen molar-refractivity contribution in [2.24, 2.45) is 14.1 Å². The molecule has 0 aliphatic rings. The van der Waals surface area contributed by atoms with E-state index in [1.54, 1.807) is 29.8 Å². The second-order valence-electron chi connectivity index (χ2n) is 7.44. The Bertz CT molecular complexity index is 1410. The van der Waals surface area contributed by atoms with Crippen molar-refractivity contribution in [1.82, 2.24) is 18.7 Å². The molecule has 2 N–H and O–H groups in total. The lowest BCUT2D eigenvalue weighted by molar-refractivity contribution is 0.191. The van der Waals surface area contributed by atoms with Crippen molar-refractivity contribution < 1.29 is 5.11 Å². The van der Waals surface area contributed by atoms with Gasteiger partial charge in [0, 0.05) is 30.7 Å².